The van der Waals surface area contributed by atoms with Crippen LogP contribution in [-0.2, 0) is 65.4 Å². The van der Waals surface area contributed by atoms with Gasteiger partial charge in [-0.05, 0) is 57.3 Å². The van der Waals surface area contributed by atoms with Gasteiger partial charge in [-0.2, -0.15) is 0 Å². The van der Waals surface area contributed by atoms with Crippen molar-refractivity contribution in [3.05, 3.63) is 24.3 Å². The number of esters is 4. The van der Waals surface area contributed by atoms with Crippen molar-refractivity contribution in [1.82, 2.24) is 0 Å². The van der Waals surface area contributed by atoms with Crippen LogP contribution in [0.5, 0.6) is 0 Å². The molecule has 2 unspecified atom stereocenters. The number of phosphoric acid groups is 2. The van der Waals surface area contributed by atoms with E-state index in [-0.39, 0.29) is 25.7 Å². The van der Waals surface area contributed by atoms with Gasteiger partial charge in [0.2, 0.25) is 0 Å². The molecule has 0 fully saturated rings. The van der Waals surface area contributed by atoms with Crippen LogP contribution < -0.4 is 0 Å². The molecule has 0 saturated carbocycles. The molecular weight excluding hydrogens is 1150 g/mol. The molecule has 0 aromatic carbocycles. The zero-order valence-electron chi connectivity index (χ0n) is 55.6. The van der Waals surface area contributed by atoms with Crippen LogP contribution in [-0.4, -0.2) is 96.7 Å². The third-order valence-electron chi connectivity index (χ3n) is 15.2. The second-order valence-electron chi connectivity index (χ2n) is 24.4. The van der Waals surface area contributed by atoms with Crippen molar-refractivity contribution < 1.29 is 80.2 Å². The van der Waals surface area contributed by atoms with Gasteiger partial charge in [0.25, 0.3) is 0 Å². The van der Waals surface area contributed by atoms with Crippen LogP contribution in [0.4, 0.5) is 0 Å². The van der Waals surface area contributed by atoms with E-state index in [1.165, 1.54) is 116 Å². The summed E-state index contributed by atoms with van der Waals surface area (Å²) >= 11 is 0. The predicted molar refractivity (Wildman–Crippen MR) is 349 cm³/mol. The van der Waals surface area contributed by atoms with Gasteiger partial charge in [-0.25, -0.2) is 9.13 Å². The fourth-order valence-electron chi connectivity index (χ4n) is 9.75. The molecule has 0 aliphatic carbocycles. The first-order valence-electron chi connectivity index (χ1n) is 35.0. The van der Waals surface area contributed by atoms with E-state index in [0.29, 0.717) is 25.7 Å². The number of rotatable bonds is 66. The Morgan fingerprint density at radius 1 is 0.356 bits per heavy atom. The van der Waals surface area contributed by atoms with Gasteiger partial charge in [-0.1, -0.05) is 271 Å². The highest BCUT2D eigenvalue weighted by Gasteiger charge is 2.30. The number of phosphoric ester groups is 2. The molecule has 0 aliphatic rings. The molecule has 0 bridgehead atoms. The molecule has 0 aromatic rings. The highest BCUT2D eigenvalue weighted by molar-refractivity contribution is 7.47. The summed E-state index contributed by atoms with van der Waals surface area (Å²) < 4.78 is 68.0. The molecule has 87 heavy (non-hydrogen) atoms. The number of carbonyl (C=O) groups is 4. The second kappa shape index (κ2) is 61.1. The van der Waals surface area contributed by atoms with Crippen molar-refractivity contribution in [3.8, 4) is 0 Å². The lowest BCUT2D eigenvalue weighted by Crippen LogP contribution is -2.30. The van der Waals surface area contributed by atoms with Gasteiger partial charge in [-0.15, -0.1) is 0 Å². The molecule has 0 heterocycles. The first-order chi connectivity index (χ1) is 42.0. The molecule has 0 aromatic heterocycles. The third kappa shape index (κ3) is 62.1. The van der Waals surface area contributed by atoms with Gasteiger partial charge in [-0.3, -0.25) is 37.3 Å². The zero-order chi connectivity index (χ0) is 64.2. The summed E-state index contributed by atoms with van der Waals surface area (Å²) in [6.45, 7) is 7.12. The van der Waals surface area contributed by atoms with Crippen LogP contribution in [0.25, 0.3) is 0 Å². The number of aliphatic hydroxyl groups excluding tert-OH is 1. The van der Waals surface area contributed by atoms with E-state index in [4.69, 9.17) is 37.0 Å². The Hall–Kier alpha value is -2.46. The molecule has 17 nitrogen and oxygen atoms in total. The minimum absolute atomic E-state index is 0.100. The lowest BCUT2D eigenvalue weighted by molar-refractivity contribution is -0.161. The molecule has 19 heteroatoms. The smallest absolute Gasteiger partial charge is 0.462 e. The van der Waals surface area contributed by atoms with E-state index in [1.54, 1.807) is 0 Å². The van der Waals surface area contributed by atoms with E-state index < -0.39 is 97.5 Å². The minimum atomic E-state index is -4.96. The zero-order valence-corrected chi connectivity index (χ0v) is 57.4. The van der Waals surface area contributed by atoms with Gasteiger partial charge in [0.05, 0.1) is 26.4 Å². The summed E-state index contributed by atoms with van der Waals surface area (Å²) in [5.41, 5.74) is 0. The lowest BCUT2D eigenvalue weighted by Gasteiger charge is -2.21. The van der Waals surface area contributed by atoms with Gasteiger partial charge in [0.15, 0.2) is 12.2 Å². The molecular formula is C68H128O17P2. The Morgan fingerprint density at radius 3 is 0.943 bits per heavy atom. The fraction of sp³-hybridized carbons (Fsp3) is 0.882. The molecule has 0 saturated heterocycles. The van der Waals surface area contributed by atoms with E-state index in [2.05, 4.69) is 58.9 Å². The number of carbonyl (C=O) groups excluding carboxylic acids is 4. The Labute approximate surface area is 529 Å². The van der Waals surface area contributed by atoms with Crippen LogP contribution in [0.3, 0.4) is 0 Å². The Balaban J connectivity index is 5.23. The standard InChI is InChI=1S/C68H128O17P2/c1-6-9-12-15-18-21-22-23-24-27-30-33-38-42-47-52-66(71)79-58-64(85-68(73)54-49-44-39-34-31-28-25-26-29-32-35-40-45-50-61(4)5)60-83-87(76,77)81-56-62(69)55-80-86(74,75)82-59-63(84-67(72)53-48-43-37-20-17-14-11-8-3)57-78-65(70)51-46-41-36-19-16-13-10-7-2/h21-24,61-64,69H,6-20,25-60H2,1-5H3,(H,74,75)(H,76,77)/b22-21-,24-23-/t62-,63+,64+/m0/s1. The van der Waals surface area contributed by atoms with Gasteiger partial charge < -0.3 is 33.8 Å². The second-order valence-corrected chi connectivity index (χ2v) is 27.3. The van der Waals surface area contributed by atoms with Crippen LogP contribution >= 0.6 is 15.6 Å². The number of allylic oxidation sites excluding steroid dienone is 4. The summed E-state index contributed by atoms with van der Waals surface area (Å²) in [5, 5.41) is 10.5. The van der Waals surface area contributed by atoms with E-state index in [9.17, 15) is 43.2 Å². The maximum absolute atomic E-state index is 13.0. The molecule has 0 radical (unpaired) electrons. The number of aliphatic hydroxyl groups is 1. The molecule has 0 amide bonds. The van der Waals surface area contributed by atoms with Crippen LogP contribution in [0.15, 0.2) is 24.3 Å². The van der Waals surface area contributed by atoms with Crippen molar-refractivity contribution in [1.29, 1.82) is 0 Å². The van der Waals surface area contributed by atoms with E-state index >= 15 is 0 Å². The van der Waals surface area contributed by atoms with Gasteiger partial charge >= 0.3 is 39.5 Å². The van der Waals surface area contributed by atoms with Gasteiger partial charge in [0, 0.05) is 25.7 Å². The maximum Gasteiger partial charge on any atom is 0.472 e. The summed E-state index contributed by atoms with van der Waals surface area (Å²) in [4.78, 5) is 72.2. The Morgan fingerprint density at radius 2 is 0.621 bits per heavy atom. The largest absolute Gasteiger partial charge is 0.472 e. The predicted octanol–water partition coefficient (Wildman–Crippen LogP) is 18.9. The fourth-order valence-corrected chi connectivity index (χ4v) is 11.3. The quantitative estimate of drug-likeness (QED) is 0.0169. The number of hydrogen-bond donors (Lipinski definition) is 3. The summed E-state index contributed by atoms with van der Waals surface area (Å²) in [7, 11) is -9.90. The number of ether oxygens (including phenoxy) is 4. The summed E-state index contributed by atoms with van der Waals surface area (Å²) in [6.07, 6.45) is 49.5. The van der Waals surface area contributed by atoms with Crippen LogP contribution in [0.2, 0.25) is 0 Å². The molecule has 5 atom stereocenters. The van der Waals surface area contributed by atoms with E-state index in [0.717, 1.165) is 128 Å². The number of hydrogen-bond acceptors (Lipinski definition) is 15. The maximum atomic E-state index is 13.0. The van der Waals surface area contributed by atoms with Crippen molar-refractivity contribution in [2.45, 2.75) is 342 Å². The average molecular weight is 1280 g/mol. The van der Waals surface area contributed by atoms with Crippen molar-refractivity contribution in [2.24, 2.45) is 5.92 Å². The molecule has 0 spiro atoms. The molecule has 0 aliphatic heterocycles. The number of unbranched alkanes of at least 4 members (excludes halogenated alkanes) is 35. The summed E-state index contributed by atoms with van der Waals surface area (Å²) in [5.74, 6) is -1.38. The SMILES string of the molecule is CCCCCC/C=C\C=C/CCCCCCCC(=O)OC[C@H](COP(=O)(O)OC[C@@H](O)COP(=O)(O)OC[C@@H](COC(=O)CCCCCCCCCC)OC(=O)CCCCCCCCCC)OC(=O)CCCCCCCCCCCCCCCC(C)C. The van der Waals surface area contributed by atoms with Crippen LogP contribution in [0, 0.1) is 5.92 Å². The minimum Gasteiger partial charge on any atom is -0.462 e. The Kier molecular flexibility index (Phi) is 59.3. The highest BCUT2D eigenvalue weighted by Crippen LogP contribution is 2.45. The normalized spacial score (nSPS) is 14.3. The van der Waals surface area contributed by atoms with Crippen LogP contribution in [0.1, 0.15) is 324 Å². The monoisotopic (exact) mass is 1280 g/mol. The van der Waals surface area contributed by atoms with Crippen molar-refractivity contribution >= 4 is 39.5 Å². The first kappa shape index (κ1) is 84.5. The summed E-state index contributed by atoms with van der Waals surface area (Å²) in [6, 6.07) is 0. The third-order valence-corrected chi connectivity index (χ3v) is 17.1. The molecule has 0 rings (SSSR count). The van der Waals surface area contributed by atoms with Crippen molar-refractivity contribution in [2.75, 3.05) is 39.6 Å². The van der Waals surface area contributed by atoms with Crippen molar-refractivity contribution in [3.63, 3.8) is 0 Å². The topological polar surface area (TPSA) is 237 Å². The molecule has 3 N–H and O–H groups in total. The average Bonchev–Trinajstić information content (AvgIpc) is 3.69. The van der Waals surface area contributed by atoms with Gasteiger partial charge in [0.1, 0.15) is 19.3 Å². The highest BCUT2D eigenvalue weighted by atomic mass is 31.2. The Bertz CT molecular complexity index is 1780. The lowest BCUT2D eigenvalue weighted by atomic mass is 10.0. The van der Waals surface area contributed by atoms with E-state index in [1.807, 2.05) is 0 Å². The first-order valence-corrected chi connectivity index (χ1v) is 37.9. The molecule has 512 valence electrons.